The number of hydrogen-bond acceptors (Lipinski definition) is 5. The number of aromatic nitrogens is 2. The van der Waals surface area contributed by atoms with Crippen molar-refractivity contribution in [1.82, 2.24) is 9.97 Å². The zero-order chi connectivity index (χ0) is 18.7. The average molecular weight is 365 g/mol. The Bertz CT molecular complexity index is 965. The molecular weight excluding hydrogens is 346 g/mol. The summed E-state index contributed by atoms with van der Waals surface area (Å²) >= 11 is 1.59. The molecule has 0 amide bonds. The lowest BCUT2D eigenvalue weighted by atomic mass is 10.1. The van der Waals surface area contributed by atoms with Gasteiger partial charge in [0.05, 0.1) is 10.4 Å². The van der Waals surface area contributed by atoms with Crippen LogP contribution >= 0.6 is 11.3 Å². The van der Waals surface area contributed by atoms with Gasteiger partial charge in [-0.1, -0.05) is 12.1 Å². The molecule has 0 aliphatic heterocycles. The van der Waals surface area contributed by atoms with Crippen LogP contribution in [0.4, 0.5) is 11.5 Å². The molecule has 0 spiro atoms. The van der Waals surface area contributed by atoms with Crippen molar-refractivity contribution >= 4 is 28.8 Å². The van der Waals surface area contributed by atoms with E-state index in [0.29, 0.717) is 18.1 Å². The summed E-state index contributed by atoms with van der Waals surface area (Å²) in [5.41, 5.74) is 3.78. The van der Waals surface area contributed by atoms with Crippen LogP contribution in [0.2, 0.25) is 0 Å². The molecule has 2 aromatic heterocycles. The van der Waals surface area contributed by atoms with E-state index < -0.39 is 5.97 Å². The molecule has 0 bridgehead atoms. The van der Waals surface area contributed by atoms with Gasteiger partial charge in [0.25, 0.3) is 0 Å². The molecule has 5 nitrogen and oxygen atoms in total. The fourth-order valence-electron chi connectivity index (χ4n) is 2.67. The van der Waals surface area contributed by atoms with Gasteiger partial charge in [-0.25, -0.2) is 14.8 Å². The number of anilines is 2. The topological polar surface area (TPSA) is 75.1 Å². The minimum absolute atomic E-state index is 0.262. The van der Waals surface area contributed by atoms with Crippen molar-refractivity contribution in [2.24, 2.45) is 0 Å². The molecule has 3 rings (SSSR count). The third-order valence-corrected chi connectivity index (χ3v) is 4.90. The van der Waals surface area contributed by atoms with Crippen LogP contribution in [-0.2, 0) is 6.42 Å². The summed E-state index contributed by atoms with van der Waals surface area (Å²) in [4.78, 5) is 21.5. The molecule has 0 saturated carbocycles. The van der Waals surface area contributed by atoms with Crippen molar-refractivity contribution in [2.45, 2.75) is 20.3 Å². The van der Waals surface area contributed by atoms with E-state index in [-0.39, 0.29) is 5.56 Å². The number of allylic oxidation sites excluding steroid dienone is 1. The standard InChI is InChI=1S/C20H19N3O2S/c1-4-6-15-13(3)21-19(17-7-5-10-26-17)23-18(15)22-16-9-8-14(20(24)25)11-12(16)2/h4-5,7-11H,1,6H2,2-3H3,(H,24,25)(H,21,22,23). The van der Waals surface area contributed by atoms with Gasteiger partial charge < -0.3 is 10.4 Å². The Labute approximate surface area is 156 Å². The second kappa shape index (κ2) is 7.49. The second-order valence-corrected chi connectivity index (χ2v) is 6.84. The first-order valence-corrected chi connectivity index (χ1v) is 9.01. The van der Waals surface area contributed by atoms with Crippen LogP contribution in [-0.4, -0.2) is 21.0 Å². The number of aromatic carboxylic acids is 1. The van der Waals surface area contributed by atoms with Crippen LogP contribution in [0.15, 0.2) is 48.4 Å². The monoisotopic (exact) mass is 365 g/mol. The average Bonchev–Trinajstić information content (AvgIpc) is 3.13. The van der Waals surface area contributed by atoms with E-state index in [1.165, 1.54) is 0 Å². The highest BCUT2D eigenvalue weighted by molar-refractivity contribution is 7.13. The summed E-state index contributed by atoms with van der Waals surface area (Å²) in [7, 11) is 0. The fraction of sp³-hybridized carbons (Fsp3) is 0.150. The molecule has 0 saturated heterocycles. The molecule has 2 heterocycles. The van der Waals surface area contributed by atoms with Crippen LogP contribution in [0.1, 0.15) is 27.2 Å². The van der Waals surface area contributed by atoms with Gasteiger partial charge in [0.15, 0.2) is 5.82 Å². The van der Waals surface area contributed by atoms with Crippen molar-refractivity contribution in [3.63, 3.8) is 0 Å². The van der Waals surface area contributed by atoms with Gasteiger partial charge >= 0.3 is 5.97 Å². The van der Waals surface area contributed by atoms with E-state index in [1.807, 2.05) is 37.4 Å². The summed E-state index contributed by atoms with van der Waals surface area (Å²) in [5.74, 6) is 0.449. The number of thiophene rings is 1. The van der Waals surface area contributed by atoms with Crippen molar-refractivity contribution < 1.29 is 9.90 Å². The Morgan fingerprint density at radius 2 is 2.12 bits per heavy atom. The highest BCUT2D eigenvalue weighted by Gasteiger charge is 2.14. The smallest absolute Gasteiger partial charge is 0.335 e. The minimum Gasteiger partial charge on any atom is -0.478 e. The fourth-order valence-corrected chi connectivity index (χ4v) is 3.33. The molecule has 6 heteroatoms. The van der Waals surface area contributed by atoms with E-state index in [2.05, 4.69) is 16.9 Å². The number of aryl methyl sites for hydroxylation is 2. The van der Waals surface area contributed by atoms with Crippen molar-refractivity contribution in [1.29, 1.82) is 0 Å². The predicted octanol–water partition coefficient (Wildman–Crippen LogP) is 4.99. The molecule has 132 valence electrons. The molecule has 2 N–H and O–H groups in total. The molecule has 26 heavy (non-hydrogen) atoms. The van der Waals surface area contributed by atoms with Gasteiger partial charge in [0, 0.05) is 16.9 Å². The minimum atomic E-state index is -0.940. The summed E-state index contributed by atoms with van der Waals surface area (Å²) < 4.78 is 0. The van der Waals surface area contributed by atoms with E-state index in [9.17, 15) is 4.79 Å². The number of hydrogen-bond donors (Lipinski definition) is 2. The number of carbonyl (C=O) groups is 1. The Hall–Kier alpha value is -2.99. The van der Waals surface area contributed by atoms with E-state index in [0.717, 1.165) is 27.4 Å². The lowest BCUT2D eigenvalue weighted by molar-refractivity contribution is 0.0697. The van der Waals surface area contributed by atoms with Crippen LogP contribution in [0.3, 0.4) is 0 Å². The lowest BCUT2D eigenvalue weighted by Crippen LogP contribution is -2.06. The normalized spacial score (nSPS) is 10.5. The first kappa shape index (κ1) is 17.8. The number of carboxylic acid groups (broad SMARTS) is 1. The Morgan fingerprint density at radius 1 is 1.31 bits per heavy atom. The van der Waals surface area contributed by atoms with Gasteiger partial charge in [-0.05, 0) is 55.5 Å². The molecule has 0 aliphatic carbocycles. The quantitative estimate of drug-likeness (QED) is 0.602. The van der Waals surface area contributed by atoms with Crippen molar-refractivity contribution in [2.75, 3.05) is 5.32 Å². The zero-order valence-electron chi connectivity index (χ0n) is 14.6. The Kier molecular flexibility index (Phi) is 5.14. The van der Waals surface area contributed by atoms with Crippen LogP contribution < -0.4 is 5.32 Å². The highest BCUT2D eigenvalue weighted by Crippen LogP contribution is 2.29. The molecule has 0 fully saturated rings. The molecule has 1 aromatic carbocycles. The second-order valence-electron chi connectivity index (χ2n) is 5.89. The third-order valence-electron chi connectivity index (χ3n) is 4.03. The van der Waals surface area contributed by atoms with Gasteiger partial charge in [0.1, 0.15) is 5.82 Å². The number of nitrogens with zero attached hydrogens (tertiary/aromatic N) is 2. The van der Waals surface area contributed by atoms with Crippen LogP contribution in [0, 0.1) is 13.8 Å². The molecule has 0 unspecified atom stereocenters. The highest BCUT2D eigenvalue weighted by atomic mass is 32.1. The Morgan fingerprint density at radius 3 is 2.73 bits per heavy atom. The van der Waals surface area contributed by atoms with Gasteiger partial charge in [-0.3, -0.25) is 0 Å². The molecule has 0 atom stereocenters. The van der Waals surface area contributed by atoms with Gasteiger partial charge in [-0.2, -0.15) is 0 Å². The summed E-state index contributed by atoms with van der Waals surface area (Å²) in [6, 6.07) is 8.95. The maximum Gasteiger partial charge on any atom is 0.335 e. The number of benzene rings is 1. The first-order chi connectivity index (χ1) is 12.5. The molecular formula is C20H19N3O2S. The number of carboxylic acids is 1. The number of rotatable bonds is 6. The summed E-state index contributed by atoms with van der Waals surface area (Å²) in [6.07, 6.45) is 2.47. The van der Waals surface area contributed by atoms with Crippen LogP contribution in [0.25, 0.3) is 10.7 Å². The maximum absolute atomic E-state index is 11.1. The molecule has 0 radical (unpaired) electrons. The van der Waals surface area contributed by atoms with E-state index in [4.69, 9.17) is 10.1 Å². The van der Waals surface area contributed by atoms with Crippen molar-refractivity contribution in [3.8, 4) is 10.7 Å². The third kappa shape index (κ3) is 3.65. The lowest BCUT2D eigenvalue weighted by Gasteiger charge is -2.15. The largest absolute Gasteiger partial charge is 0.478 e. The molecule has 3 aromatic rings. The SMILES string of the molecule is C=CCc1c(C)nc(-c2cccs2)nc1Nc1ccc(C(=O)O)cc1C. The van der Waals surface area contributed by atoms with E-state index >= 15 is 0 Å². The summed E-state index contributed by atoms with van der Waals surface area (Å²) in [6.45, 7) is 7.65. The molecule has 0 aliphatic rings. The van der Waals surface area contributed by atoms with Gasteiger partial charge in [0.2, 0.25) is 0 Å². The van der Waals surface area contributed by atoms with Crippen molar-refractivity contribution in [3.05, 3.63) is 70.8 Å². The number of nitrogens with one attached hydrogen (secondary N) is 1. The zero-order valence-corrected chi connectivity index (χ0v) is 15.4. The summed E-state index contributed by atoms with van der Waals surface area (Å²) in [5, 5.41) is 14.5. The maximum atomic E-state index is 11.1. The van der Waals surface area contributed by atoms with E-state index in [1.54, 1.807) is 29.5 Å². The Balaban J connectivity index is 2.05. The predicted molar refractivity (Wildman–Crippen MR) is 105 cm³/mol. The first-order valence-electron chi connectivity index (χ1n) is 8.13. The van der Waals surface area contributed by atoms with Gasteiger partial charge in [-0.15, -0.1) is 17.9 Å². The van der Waals surface area contributed by atoms with Crippen LogP contribution in [0.5, 0.6) is 0 Å².